The quantitative estimate of drug-likeness (QED) is 0.830. The number of halogens is 1. The van der Waals surface area contributed by atoms with Gasteiger partial charge in [0.15, 0.2) is 0 Å². The van der Waals surface area contributed by atoms with E-state index in [4.69, 9.17) is 0 Å². The van der Waals surface area contributed by atoms with E-state index in [1.54, 1.807) is 12.1 Å². The molecule has 1 saturated carbocycles. The van der Waals surface area contributed by atoms with Gasteiger partial charge in [-0.3, -0.25) is 0 Å². The van der Waals surface area contributed by atoms with Crippen LogP contribution < -0.4 is 0 Å². The standard InChI is InChI=1S/C15H21FO/c1-14(2)8-5-9-15(17,11-14)10-12-6-3-4-7-13(12)16/h3-4,6-7,17H,5,8-11H2,1-2H3. The van der Waals surface area contributed by atoms with Crippen molar-refractivity contribution in [3.63, 3.8) is 0 Å². The summed E-state index contributed by atoms with van der Waals surface area (Å²) < 4.78 is 13.6. The third kappa shape index (κ3) is 3.06. The molecule has 1 aliphatic rings. The van der Waals surface area contributed by atoms with Crippen molar-refractivity contribution in [2.24, 2.45) is 5.41 Å². The highest BCUT2D eigenvalue weighted by Gasteiger charge is 2.38. The number of hydrogen-bond acceptors (Lipinski definition) is 1. The van der Waals surface area contributed by atoms with Gasteiger partial charge in [0.2, 0.25) is 0 Å². The molecule has 1 atom stereocenters. The Kier molecular flexibility index (Phi) is 3.26. The fourth-order valence-corrected chi connectivity index (χ4v) is 3.11. The Bertz CT molecular complexity index is 400. The Morgan fingerprint density at radius 1 is 1.24 bits per heavy atom. The first kappa shape index (κ1) is 12.6. The summed E-state index contributed by atoms with van der Waals surface area (Å²) in [6.07, 6.45) is 4.15. The van der Waals surface area contributed by atoms with Crippen molar-refractivity contribution in [3.05, 3.63) is 35.6 Å². The van der Waals surface area contributed by atoms with Gasteiger partial charge >= 0.3 is 0 Å². The summed E-state index contributed by atoms with van der Waals surface area (Å²) in [7, 11) is 0. The van der Waals surface area contributed by atoms with Gasteiger partial charge < -0.3 is 5.11 Å². The van der Waals surface area contributed by atoms with E-state index in [1.165, 1.54) is 6.07 Å². The van der Waals surface area contributed by atoms with Crippen LogP contribution in [0.4, 0.5) is 4.39 Å². The summed E-state index contributed by atoms with van der Waals surface area (Å²) in [5.74, 6) is -0.204. The number of rotatable bonds is 2. The van der Waals surface area contributed by atoms with Crippen LogP contribution >= 0.6 is 0 Å². The molecule has 1 aromatic carbocycles. The first-order valence-corrected chi connectivity index (χ1v) is 6.36. The molecule has 2 rings (SSSR count). The van der Waals surface area contributed by atoms with Crippen LogP contribution in [0.25, 0.3) is 0 Å². The Morgan fingerprint density at radius 2 is 1.94 bits per heavy atom. The predicted molar refractivity (Wildman–Crippen MR) is 67.3 cm³/mol. The lowest BCUT2D eigenvalue weighted by atomic mass is 9.68. The molecule has 0 aromatic heterocycles. The molecular weight excluding hydrogens is 215 g/mol. The minimum absolute atomic E-state index is 0.165. The molecule has 1 N–H and O–H groups in total. The molecule has 17 heavy (non-hydrogen) atoms. The molecule has 94 valence electrons. The van der Waals surface area contributed by atoms with Crippen LogP contribution in [0.5, 0.6) is 0 Å². The molecule has 1 aromatic rings. The highest BCUT2D eigenvalue weighted by Crippen LogP contribution is 2.42. The summed E-state index contributed by atoms with van der Waals surface area (Å²) in [6.45, 7) is 4.36. The third-order valence-electron chi connectivity index (χ3n) is 3.78. The summed E-state index contributed by atoms with van der Waals surface area (Å²) >= 11 is 0. The molecule has 0 amide bonds. The van der Waals surface area contributed by atoms with Gasteiger partial charge in [-0.1, -0.05) is 38.5 Å². The van der Waals surface area contributed by atoms with E-state index in [0.29, 0.717) is 12.0 Å². The van der Waals surface area contributed by atoms with Gasteiger partial charge in [0.05, 0.1) is 5.60 Å². The number of benzene rings is 1. The molecule has 0 bridgehead atoms. The van der Waals surface area contributed by atoms with E-state index < -0.39 is 5.60 Å². The molecule has 0 heterocycles. The zero-order chi connectivity index (χ0) is 12.5. The monoisotopic (exact) mass is 236 g/mol. The van der Waals surface area contributed by atoms with Gasteiger partial charge in [0.1, 0.15) is 5.82 Å². The average molecular weight is 236 g/mol. The lowest BCUT2D eigenvalue weighted by Gasteiger charge is -2.41. The van der Waals surface area contributed by atoms with Crippen LogP contribution in [-0.2, 0) is 6.42 Å². The van der Waals surface area contributed by atoms with Crippen LogP contribution in [0.1, 0.15) is 45.1 Å². The second kappa shape index (κ2) is 4.41. The van der Waals surface area contributed by atoms with Gasteiger partial charge in [0.25, 0.3) is 0 Å². The number of hydrogen-bond donors (Lipinski definition) is 1. The van der Waals surface area contributed by atoms with Crippen molar-refractivity contribution >= 4 is 0 Å². The lowest BCUT2D eigenvalue weighted by Crippen LogP contribution is -2.40. The van der Waals surface area contributed by atoms with Crippen molar-refractivity contribution in [1.29, 1.82) is 0 Å². The molecule has 0 aliphatic heterocycles. The predicted octanol–water partition coefficient (Wildman–Crippen LogP) is 3.70. The first-order chi connectivity index (χ1) is 7.90. The van der Waals surface area contributed by atoms with E-state index in [0.717, 1.165) is 25.7 Å². The van der Waals surface area contributed by atoms with Crippen molar-refractivity contribution in [1.82, 2.24) is 0 Å². The fraction of sp³-hybridized carbons (Fsp3) is 0.600. The van der Waals surface area contributed by atoms with Crippen molar-refractivity contribution in [2.75, 3.05) is 0 Å². The molecule has 1 unspecified atom stereocenters. The zero-order valence-corrected chi connectivity index (χ0v) is 10.7. The van der Waals surface area contributed by atoms with Crippen molar-refractivity contribution in [2.45, 2.75) is 51.6 Å². The van der Waals surface area contributed by atoms with Gasteiger partial charge in [0, 0.05) is 6.42 Å². The average Bonchev–Trinajstić information content (AvgIpc) is 2.19. The minimum atomic E-state index is -0.732. The molecule has 2 heteroatoms. The summed E-state index contributed by atoms with van der Waals surface area (Å²) in [4.78, 5) is 0. The van der Waals surface area contributed by atoms with E-state index in [2.05, 4.69) is 13.8 Å². The maximum absolute atomic E-state index is 13.6. The van der Waals surface area contributed by atoms with Crippen molar-refractivity contribution in [3.8, 4) is 0 Å². The largest absolute Gasteiger partial charge is 0.390 e. The van der Waals surface area contributed by atoms with Crippen molar-refractivity contribution < 1.29 is 9.50 Å². The van der Waals surface area contributed by atoms with E-state index in [-0.39, 0.29) is 11.2 Å². The Morgan fingerprint density at radius 3 is 2.59 bits per heavy atom. The van der Waals surface area contributed by atoms with Crippen LogP contribution in [0.15, 0.2) is 24.3 Å². The van der Waals surface area contributed by atoms with Crippen LogP contribution in [0.3, 0.4) is 0 Å². The lowest BCUT2D eigenvalue weighted by molar-refractivity contribution is -0.0387. The Labute approximate surface area is 103 Å². The number of aliphatic hydroxyl groups is 1. The molecule has 0 spiro atoms. The fourth-order valence-electron chi connectivity index (χ4n) is 3.11. The van der Waals surface area contributed by atoms with Crippen LogP contribution in [0, 0.1) is 11.2 Å². The smallest absolute Gasteiger partial charge is 0.126 e. The second-order valence-electron chi connectivity index (χ2n) is 6.19. The zero-order valence-electron chi connectivity index (χ0n) is 10.7. The molecule has 0 saturated heterocycles. The summed E-state index contributed by atoms with van der Waals surface area (Å²) in [5, 5.41) is 10.6. The minimum Gasteiger partial charge on any atom is -0.390 e. The summed E-state index contributed by atoms with van der Waals surface area (Å²) in [6, 6.07) is 6.75. The topological polar surface area (TPSA) is 20.2 Å². The molecule has 1 nitrogen and oxygen atoms in total. The maximum Gasteiger partial charge on any atom is 0.126 e. The SMILES string of the molecule is CC1(C)CCCC(O)(Cc2ccccc2F)C1. The van der Waals surface area contributed by atoms with Gasteiger partial charge in [-0.15, -0.1) is 0 Å². The highest BCUT2D eigenvalue weighted by atomic mass is 19.1. The molecule has 1 fully saturated rings. The van der Waals surface area contributed by atoms with Crippen LogP contribution in [0.2, 0.25) is 0 Å². The second-order valence-corrected chi connectivity index (χ2v) is 6.19. The Balaban J connectivity index is 2.15. The molecule has 0 radical (unpaired) electrons. The third-order valence-corrected chi connectivity index (χ3v) is 3.78. The van der Waals surface area contributed by atoms with E-state index >= 15 is 0 Å². The van der Waals surface area contributed by atoms with Gasteiger partial charge in [-0.25, -0.2) is 4.39 Å². The maximum atomic E-state index is 13.6. The van der Waals surface area contributed by atoms with Crippen LogP contribution in [-0.4, -0.2) is 10.7 Å². The Hall–Kier alpha value is -0.890. The normalized spacial score (nSPS) is 28.0. The molecular formula is C15H21FO. The highest BCUT2D eigenvalue weighted by molar-refractivity contribution is 5.20. The van der Waals surface area contributed by atoms with E-state index in [9.17, 15) is 9.50 Å². The first-order valence-electron chi connectivity index (χ1n) is 6.36. The summed E-state index contributed by atoms with van der Waals surface area (Å²) in [5.41, 5.74) is 0.0649. The molecule has 1 aliphatic carbocycles. The van der Waals surface area contributed by atoms with Gasteiger partial charge in [-0.05, 0) is 36.3 Å². The van der Waals surface area contributed by atoms with Gasteiger partial charge in [-0.2, -0.15) is 0 Å². The van der Waals surface area contributed by atoms with E-state index in [1.807, 2.05) is 6.07 Å².